The van der Waals surface area contributed by atoms with Crippen LogP contribution in [0, 0.1) is 0 Å². The molecule has 4 rings (SSSR count). The highest BCUT2D eigenvalue weighted by Crippen LogP contribution is 2.24. The number of benzene rings is 1. The molecule has 7 nitrogen and oxygen atoms in total. The number of pyridine rings is 1. The van der Waals surface area contributed by atoms with Crippen LogP contribution in [0.15, 0.2) is 71.6 Å². The zero-order chi connectivity index (χ0) is 20.8. The summed E-state index contributed by atoms with van der Waals surface area (Å²) < 4.78 is 5.15. The predicted molar refractivity (Wildman–Crippen MR) is 113 cm³/mol. The lowest BCUT2D eigenvalue weighted by molar-refractivity contribution is 0.0902. The van der Waals surface area contributed by atoms with E-state index in [1.54, 1.807) is 24.5 Å². The number of carbonyl (C=O) groups is 2. The van der Waals surface area contributed by atoms with Crippen molar-refractivity contribution in [2.75, 3.05) is 18.0 Å². The van der Waals surface area contributed by atoms with Crippen LogP contribution in [0.3, 0.4) is 0 Å². The summed E-state index contributed by atoms with van der Waals surface area (Å²) in [5.74, 6) is 0.0318. The van der Waals surface area contributed by atoms with Gasteiger partial charge >= 0.3 is 0 Å². The zero-order valence-corrected chi connectivity index (χ0v) is 16.6. The predicted octanol–water partition coefficient (Wildman–Crippen LogP) is 3.00. The van der Waals surface area contributed by atoms with E-state index in [2.05, 4.69) is 20.5 Å². The Labute approximate surface area is 175 Å². The third-order valence-corrected chi connectivity index (χ3v) is 5.24. The average Bonchev–Trinajstić information content (AvgIpc) is 3.34. The summed E-state index contributed by atoms with van der Waals surface area (Å²) in [5.41, 5.74) is 2.52. The fourth-order valence-corrected chi connectivity index (χ4v) is 3.65. The van der Waals surface area contributed by atoms with E-state index in [0.717, 1.165) is 37.2 Å². The number of para-hydroxylation sites is 1. The number of nitrogens with zero attached hydrogens (tertiary/aromatic N) is 2. The van der Waals surface area contributed by atoms with Gasteiger partial charge in [0.15, 0.2) is 5.76 Å². The minimum Gasteiger partial charge on any atom is -0.459 e. The maximum absolute atomic E-state index is 12.8. The number of aromatic nitrogens is 1. The number of furan rings is 1. The molecular weight excluding hydrogens is 380 g/mol. The lowest BCUT2D eigenvalue weighted by Crippen LogP contribution is -2.45. The molecule has 1 saturated heterocycles. The molecule has 1 aliphatic rings. The van der Waals surface area contributed by atoms with E-state index >= 15 is 0 Å². The standard InChI is InChI=1S/C23H24N4O3/c28-22(25-16-17-5-3-11-24-15-17)19-6-1-2-7-20(19)27-12-9-18(10-13-27)26-23(29)21-8-4-14-30-21/h1-8,11,14-15,18H,9-10,12-13,16H2,(H,25,28)(H,26,29). The quantitative estimate of drug-likeness (QED) is 0.660. The van der Waals surface area contributed by atoms with Gasteiger partial charge < -0.3 is 20.0 Å². The summed E-state index contributed by atoms with van der Waals surface area (Å²) >= 11 is 0. The fraction of sp³-hybridized carbons (Fsp3) is 0.261. The number of nitrogens with one attached hydrogen (secondary N) is 2. The first-order chi connectivity index (χ1) is 14.7. The highest BCUT2D eigenvalue weighted by Gasteiger charge is 2.24. The Bertz CT molecular complexity index is 981. The molecule has 30 heavy (non-hydrogen) atoms. The van der Waals surface area contributed by atoms with Crippen LogP contribution in [-0.2, 0) is 6.54 Å². The molecule has 1 aromatic carbocycles. The number of rotatable bonds is 6. The van der Waals surface area contributed by atoms with Crippen LogP contribution in [0.5, 0.6) is 0 Å². The van der Waals surface area contributed by atoms with E-state index in [9.17, 15) is 9.59 Å². The van der Waals surface area contributed by atoms with Crippen molar-refractivity contribution in [3.05, 3.63) is 84.1 Å². The Hall–Kier alpha value is -3.61. The zero-order valence-electron chi connectivity index (χ0n) is 16.6. The summed E-state index contributed by atoms with van der Waals surface area (Å²) in [6.45, 7) is 1.95. The van der Waals surface area contributed by atoms with Crippen molar-refractivity contribution in [2.24, 2.45) is 0 Å². The fourth-order valence-electron chi connectivity index (χ4n) is 3.65. The van der Waals surface area contributed by atoms with Gasteiger partial charge in [-0.05, 0) is 48.7 Å². The van der Waals surface area contributed by atoms with Crippen molar-refractivity contribution in [3.8, 4) is 0 Å². The van der Waals surface area contributed by atoms with Crippen molar-refractivity contribution >= 4 is 17.5 Å². The molecule has 3 heterocycles. The number of carbonyl (C=O) groups excluding carboxylic acids is 2. The van der Waals surface area contributed by atoms with Crippen LogP contribution in [0.1, 0.15) is 39.3 Å². The molecule has 2 N–H and O–H groups in total. The van der Waals surface area contributed by atoms with Gasteiger partial charge in [-0.1, -0.05) is 18.2 Å². The largest absolute Gasteiger partial charge is 0.459 e. The SMILES string of the molecule is O=C(NC1CCN(c2ccccc2C(=O)NCc2cccnc2)CC1)c1ccco1. The molecule has 154 valence electrons. The maximum atomic E-state index is 12.8. The second-order valence-electron chi connectivity index (χ2n) is 7.27. The molecule has 0 atom stereocenters. The summed E-state index contributed by atoms with van der Waals surface area (Å²) in [6, 6.07) is 14.9. The van der Waals surface area contributed by atoms with Crippen LogP contribution in [0.2, 0.25) is 0 Å². The van der Waals surface area contributed by atoms with Crippen molar-refractivity contribution in [2.45, 2.75) is 25.4 Å². The van der Waals surface area contributed by atoms with Crippen LogP contribution in [0.25, 0.3) is 0 Å². The minimum atomic E-state index is -0.186. The third-order valence-electron chi connectivity index (χ3n) is 5.24. The van der Waals surface area contributed by atoms with Gasteiger partial charge in [0.1, 0.15) is 0 Å². The molecule has 0 radical (unpaired) electrons. The van der Waals surface area contributed by atoms with Gasteiger partial charge in [0.25, 0.3) is 11.8 Å². The first-order valence-electron chi connectivity index (χ1n) is 10.1. The smallest absolute Gasteiger partial charge is 0.287 e. The number of hydrogen-bond acceptors (Lipinski definition) is 5. The van der Waals surface area contributed by atoms with Gasteiger partial charge in [-0.15, -0.1) is 0 Å². The second kappa shape index (κ2) is 9.26. The van der Waals surface area contributed by atoms with Crippen LogP contribution >= 0.6 is 0 Å². The summed E-state index contributed by atoms with van der Waals surface area (Å²) in [6.07, 6.45) is 6.55. The number of anilines is 1. The molecule has 7 heteroatoms. The van der Waals surface area contributed by atoms with Gasteiger partial charge in [0, 0.05) is 43.8 Å². The van der Waals surface area contributed by atoms with Crippen LogP contribution in [0.4, 0.5) is 5.69 Å². The van der Waals surface area contributed by atoms with E-state index in [0.29, 0.717) is 17.9 Å². The number of amides is 2. The van der Waals surface area contributed by atoms with Crippen molar-refractivity contribution < 1.29 is 14.0 Å². The monoisotopic (exact) mass is 404 g/mol. The molecule has 2 aromatic heterocycles. The molecule has 0 aliphatic carbocycles. The van der Waals surface area contributed by atoms with Gasteiger partial charge in [0.2, 0.25) is 0 Å². The molecule has 1 fully saturated rings. The molecule has 0 bridgehead atoms. The molecule has 0 saturated carbocycles. The summed E-state index contributed by atoms with van der Waals surface area (Å²) in [7, 11) is 0. The number of hydrogen-bond donors (Lipinski definition) is 2. The molecule has 3 aromatic rings. The van der Waals surface area contributed by atoms with Crippen LogP contribution < -0.4 is 15.5 Å². The lowest BCUT2D eigenvalue weighted by atomic mass is 10.0. The first kappa shape index (κ1) is 19.7. The van der Waals surface area contributed by atoms with Crippen molar-refractivity contribution in [3.63, 3.8) is 0 Å². The van der Waals surface area contributed by atoms with Gasteiger partial charge in [-0.2, -0.15) is 0 Å². The summed E-state index contributed by atoms with van der Waals surface area (Å²) in [5, 5.41) is 6.00. The third kappa shape index (κ3) is 4.68. The molecule has 0 spiro atoms. The highest BCUT2D eigenvalue weighted by molar-refractivity contribution is 5.99. The Morgan fingerprint density at radius 2 is 1.87 bits per heavy atom. The van der Waals surface area contributed by atoms with E-state index in [4.69, 9.17) is 4.42 Å². The molecule has 0 unspecified atom stereocenters. The normalized spacial score (nSPS) is 14.3. The Morgan fingerprint density at radius 1 is 1.03 bits per heavy atom. The van der Waals surface area contributed by atoms with Crippen molar-refractivity contribution in [1.29, 1.82) is 0 Å². The highest BCUT2D eigenvalue weighted by atomic mass is 16.3. The van der Waals surface area contributed by atoms with E-state index in [1.165, 1.54) is 6.26 Å². The molecule has 1 aliphatic heterocycles. The molecule has 2 amide bonds. The van der Waals surface area contributed by atoms with Crippen molar-refractivity contribution in [1.82, 2.24) is 15.6 Å². The number of piperidine rings is 1. The second-order valence-corrected chi connectivity index (χ2v) is 7.27. The Kier molecular flexibility index (Phi) is 6.08. The minimum absolute atomic E-state index is 0.0884. The Balaban J connectivity index is 1.36. The van der Waals surface area contributed by atoms with Gasteiger partial charge in [0.05, 0.1) is 11.8 Å². The van der Waals surface area contributed by atoms with E-state index in [-0.39, 0.29) is 17.9 Å². The van der Waals surface area contributed by atoms with Crippen LogP contribution in [-0.4, -0.2) is 35.9 Å². The topological polar surface area (TPSA) is 87.5 Å². The molecular formula is C23H24N4O3. The van der Waals surface area contributed by atoms with E-state index < -0.39 is 0 Å². The average molecular weight is 404 g/mol. The van der Waals surface area contributed by atoms with Gasteiger partial charge in [-0.3, -0.25) is 14.6 Å². The van der Waals surface area contributed by atoms with Gasteiger partial charge in [-0.25, -0.2) is 0 Å². The Morgan fingerprint density at radius 3 is 2.60 bits per heavy atom. The maximum Gasteiger partial charge on any atom is 0.287 e. The lowest BCUT2D eigenvalue weighted by Gasteiger charge is -2.34. The summed E-state index contributed by atoms with van der Waals surface area (Å²) in [4.78, 5) is 31.3. The van der Waals surface area contributed by atoms with E-state index in [1.807, 2.05) is 36.4 Å². The first-order valence-corrected chi connectivity index (χ1v) is 10.1.